The Morgan fingerprint density at radius 2 is 1.81 bits per heavy atom. The summed E-state index contributed by atoms with van der Waals surface area (Å²) in [6, 6.07) is 0. The molecule has 2 saturated heterocycles. The second-order valence-corrected chi connectivity index (χ2v) is 4.72. The van der Waals surface area contributed by atoms with Crippen LogP contribution < -0.4 is 0 Å². The summed E-state index contributed by atoms with van der Waals surface area (Å²) in [6.07, 6.45) is 1.95. The van der Waals surface area contributed by atoms with Crippen LogP contribution in [0.1, 0.15) is 40.5 Å². The maximum atomic E-state index is 11.4. The molecular formula is C13H26N2O. The zero-order chi connectivity index (χ0) is 12.2. The predicted octanol–water partition coefficient (Wildman–Crippen LogP) is 1.98. The van der Waals surface area contributed by atoms with Crippen LogP contribution in [0.5, 0.6) is 0 Å². The monoisotopic (exact) mass is 226 g/mol. The fraction of sp³-hybridized carbons (Fsp3) is 0.923. The van der Waals surface area contributed by atoms with Gasteiger partial charge >= 0.3 is 0 Å². The van der Waals surface area contributed by atoms with Gasteiger partial charge in [-0.2, -0.15) is 0 Å². The number of nitrogens with zero attached hydrogens (tertiary/aromatic N) is 2. The summed E-state index contributed by atoms with van der Waals surface area (Å²) in [4.78, 5) is 15.9. The van der Waals surface area contributed by atoms with Crippen LogP contribution in [0, 0.1) is 5.41 Å². The van der Waals surface area contributed by atoms with E-state index in [1.807, 2.05) is 25.7 Å². The molecule has 0 aromatic carbocycles. The van der Waals surface area contributed by atoms with Crippen molar-refractivity contribution in [3.63, 3.8) is 0 Å². The van der Waals surface area contributed by atoms with Crippen LogP contribution in [0.15, 0.2) is 0 Å². The minimum atomic E-state index is 0.325. The molecule has 0 unspecified atom stereocenters. The molecule has 0 radical (unpaired) electrons. The highest BCUT2D eigenvalue weighted by Crippen LogP contribution is 2.39. The first-order valence-corrected chi connectivity index (χ1v) is 6.69. The molecule has 0 N–H and O–H groups in total. The molecule has 0 atom stereocenters. The van der Waals surface area contributed by atoms with E-state index in [1.54, 1.807) is 0 Å². The number of likely N-dealkylation sites (tertiary alicyclic amines) is 2. The minimum Gasteiger partial charge on any atom is -0.341 e. The van der Waals surface area contributed by atoms with Gasteiger partial charge in [-0.25, -0.2) is 0 Å². The van der Waals surface area contributed by atoms with Gasteiger partial charge in [0.25, 0.3) is 0 Å². The average Bonchev–Trinajstić information content (AvgIpc) is 2.73. The summed E-state index contributed by atoms with van der Waals surface area (Å²) < 4.78 is 0. The summed E-state index contributed by atoms with van der Waals surface area (Å²) in [6.45, 7) is 13.8. The smallest absolute Gasteiger partial charge is 0.222 e. The third-order valence-electron chi connectivity index (χ3n) is 3.67. The number of hydrogen-bond donors (Lipinski definition) is 0. The minimum absolute atomic E-state index is 0.325. The number of carbonyl (C=O) groups excluding carboxylic acids is 1. The summed E-state index contributed by atoms with van der Waals surface area (Å²) in [5, 5.41) is 0. The maximum Gasteiger partial charge on any atom is 0.222 e. The highest BCUT2D eigenvalue weighted by molar-refractivity contribution is 5.76. The first-order chi connectivity index (χ1) is 7.69. The van der Waals surface area contributed by atoms with E-state index in [0.29, 0.717) is 17.7 Å². The molecule has 0 aromatic heterocycles. The molecule has 3 heteroatoms. The molecule has 2 fully saturated rings. The lowest BCUT2D eigenvalue weighted by molar-refractivity contribution is -0.142. The van der Waals surface area contributed by atoms with Gasteiger partial charge in [-0.15, -0.1) is 0 Å². The van der Waals surface area contributed by atoms with Crippen molar-refractivity contribution in [1.29, 1.82) is 0 Å². The number of amides is 1. The Bertz CT molecular complexity index is 234. The van der Waals surface area contributed by atoms with Crippen LogP contribution in [0.2, 0.25) is 0 Å². The van der Waals surface area contributed by atoms with Gasteiger partial charge in [-0.05, 0) is 19.5 Å². The van der Waals surface area contributed by atoms with Crippen LogP contribution in [0.3, 0.4) is 0 Å². The number of carbonyl (C=O) groups is 1. The Hall–Kier alpha value is -0.570. The standard InChI is InChI=1S/C11H20N2O.C2H6/c1-3-10(14)13-8-11(9-13)5-6-12(4-2)7-11;1-2/h3-9H2,1-2H3;1-2H3. The topological polar surface area (TPSA) is 23.6 Å². The van der Waals surface area contributed by atoms with Crippen molar-refractivity contribution in [2.24, 2.45) is 5.41 Å². The summed E-state index contributed by atoms with van der Waals surface area (Å²) in [5.74, 6) is 0.325. The van der Waals surface area contributed by atoms with Crippen molar-refractivity contribution in [1.82, 2.24) is 9.80 Å². The molecule has 2 rings (SSSR count). The summed E-state index contributed by atoms with van der Waals surface area (Å²) >= 11 is 0. The second-order valence-electron chi connectivity index (χ2n) is 4.72. The van der Waals surface area contributed by atoms with E-state index in [2.05, 4.69) is 11.8 Å². The lowest BCUT2D eigenvalue weighted by Gasteiger charge is -2.48. The second kappa shape index (κ2) is 5.67. The van der Waals surface area contributed by atoms with E-state index in [9.17, 15) is 4.79 Å². The molecule has 2 aliphatic heterocycles. The Kier molecular flexibility index (Phi) is 4.78. The fourth-order valence-corrected chi connectivity index (χ4v) is 2.72. The average molecular weight is 226 g/mol. The van der Waals surface area contributed by atoms with Crippen LogP contribution in [0.25, 0.3) is 0 Å². The van der Waals surface area contributed by atoms with Gasteiger partial charge in [0.05, 0.1) is 0 Å². The van der Waals surface area contributed by atoms with Gasteiger partial charge in [0, 0.05) is 31.5 Å². The van der Waals surface area contributed by atoms with Gasteiger partial charge in [-0.1, -0.05) is 27.7 Å². The van der Waals surface area contributed by atoms with Gasteiger partial charge in [0.15, 0.2) is 0 Å². The van der Waals surface area contributed by atoms with E-state index >= 15 is 0 Å². The molecule has 94 valence electrons. The van der Waals surface area contributed by atoms with Crippen molar-refractivity contribution in [2.45, 2.75) is 40.5 Å². The van der Waals surface area contributed by atoms with Gasteiger partial charge < -0.3 is 9.80 Å². The lowest BCUT2D eigenvalue weighted by atomic mass is 9.79. The molecule has 0 aliphatic carbocycles. The quantitative estimate of drug-likeness (QED) is 0.719. The molecule has 1 amide bonds. The van der Waals surface area contributed by atoms with Crippen LogP contribution in [-0.2, 0) is 4.79 Å². The summed E-state index contributed by atoms with van der Waals surface area (Å²) in [5.41, 5.74) is 0.473. The first kappa shape index (κ1) is 13.5. The van der Waals surface area contributed by atoms with Crippen molar-refractivity contribution in [3.8, 4) is 0 Å². The molecular weight excluding hydrogens is 200 g/mol. The lowest BCUT2D eigenvalue weighted by Crippen LogP contribution is -2.59. The molecule has 0 saturated carbocycles. The predicted molar refractivity (Wildman–Crippen MR) is 67.4 cm³/mol. The van der Waals surface area contributed by atoms with E-state index in [0.717, 1.165) is 19.6 Å². The van der Waals surface area contributed by atoms with Crippen LogP contribution in [-0.4, -0.2) is 48.4 Å². The van der Waals surface area contributed by atoms with E-state index in [4.69, 9.17) is 0 Å². The van der Waals surface area contributed by atoms with Crippen LogP contribution in [0.4, 0.5) is 0 Å². The van der Waals surface area contributed by atoms with Crippen molar-refractivity contribution < 1.29 is 4.79 Å². The van der Waals surface area contributed by atoms with Gasteiger partial charge in [0.2, 0.25) is 5.91 Å². The molecule has 2 aliphatic rings. The largest absolute Gasteiger partial charge is 0.341 e. The Morgan fingerprint density at radius 1 is 1.19 bits per heavy atom. The molecule has 0 aromatic rings. The molecule has 0 bridgehead atoms. The Labute approximate surface area is 99.8 Å². The fourth-order valence-electron chi connectivity index (χ4n) is 2.72. The van der Waals surface area contributed by atoms with Gasteiger partial charge in [-0.3, -0.25) is 4.79 Å². The zero-order valence-corrected chi connectivity index (χ0v) is 11.3. The Morgan fingerprint density at radius 3 is 2.25 bits per heavy atom. The van der Waals surface area contributed by atoms with Gasteiger partial charge in [0.1, 0.15) is 0 Å². The highest BCUT2D eigenvalue weighted by atomic mass is 16.2. The van der Waals surface area contributed by atoms with E-state index in [-0.39, 0.29) is 0 Å². The zero-order valence-electron chi connectivity index (χ0n) is 11.3. The molecule has 2 heterocycles. The highest BCUT2D eigenvalue weighted by Gasteiger charge is 2.48. The summed E-state index contributed by atoms with van der Waals surface area (Å²) in [7, 11) is 0. The molecule has 1 spiro atoms. The maximum absolute atomic E-state index is 11.4. The first-order valence-electron chi connectivity index (χ1n) is 6.69. The SMILES string of the molecule is CC.CCC(=O)N1CC2(CCN(CC)C2)C1. The number of rotatable bonds is 2. The van der Waals surface area contributed by atoms with E-state index < -0.39 is 0 Å². The third kappa shape index (κ3) is 2.57. The number of hydrogen-bond acceptors (Lipinski definition) is 2. The third-order valence-corrected chi connectivity index (χ3v) is 3.67. The van der Waals surface area contributed by atoms with Crippen molar-refractivity contribution in [2.75, 3.05) is 32.7 Å². The Balaban J connectivity index is 0.000000606. The van der Waals surface area contributed by atoms with Crippen LogP contribution >= 0.6 is 0 Å². The normalized spacial score (nSPS) is 22.6. The molecule has 16 heavy (non-hydrogen) atoms. The van der Waals surface area contributed by atoms with Crippen molar-refractivity contribution in [3.05, 3.63) is 0 Å². The van der Waals surface area contributed by atoms with Crippen molar-refractivity contribution >= 4 is 5.91 Å². The molecule has 3 nitrogen and oxygen atoms in total. The van der Waals surface area contributed by atoms with E-state index in [1.165, 1.54) is 19.5 Å².